The van der Waals surface area contributed by atoms with Gasteiger partial charge in [-0.15, -0.1) is 0 Å². The number of piperidine rings is 1. The van der Waals surface area contributed by atoms with Crippen LogP contribution in [0.25, 0.3) is 0 Å². The molecule has 0 bridgehead atoms. The van der Waals surface area contributed by atoms with Crippen molar-refractivity contribution in [3.05, 3.63) is 11.6 Å². The number of benzene rings is 1. The molecular weight excluding hydrogens is 448 g/mol. The first-order chi connectivity index (χ1) is 16.9. The molecule has 1 N–H and O–H groups in total. The number of fused-ring (bicyclic) bond motifs is 1. The van der Waals surface area contributed by atoms with Crippen LogP contribution in [0, 0.1) is 5.41 Å². The summed E-state index contributed by atoms with van der Waals surface area (Å²) in [5.41, 5.74) is 1.98. The van der Waals surface area contributed by atoms with Crippen molar-refractivity contribution in [2.75, 3.05) is 45.4 Å². The average Bonchev–Trinajstić information content (AvgIpc) is 3.38. The standard InChI is InChI=1S/C27H38N2O6/c1-5-17-15-35-24-22-18(13-19(32-3)23(24)33-4)27-8-11-28-10-6-7-26(25(27)28,9-12-34-16(2)30)21(31)14-20(27)29(17)22/h13,17,20-21,25,31H,5-12,14-15H2,1-4H3. The number of nitrogens with zero attached hydrogens (tertiary/aromatic N) is 2. The van der Waals surface area contributed by atoms with Gasteiger partial charge in [0.05, 0.1) is 38.7 Å². The lowest BCUT2D eigenvalue weighted by atomic mass is 9.51. The number of aliphatic hydroxyl groups is 1. The fourth-order valence-corrected chi connectivity index (χ4v) is 8.64. The van der Waals surface area contributed by atoms with Gasteiger partial charge in [-0.2, -0.15) is 0 Å². The molecule has 1 aromatic rings. The third kappa shape index (κ3) is 2.90. The number of carbonyl (C=O) groups is 1. The van der Waals surface area contributed by atoms with Gasteiger partial charge in [0, 0.05) is 29.8 Å². The third-order valence-electron chi connectivity index (χ3n) is 9.86. The molecule has 0 radical (unpaired) electrons. The molecule has 6 rings (SSSR count). The molecule has 192 valence electrons. The van der Waals surface area contributed by atoms with Crippen molar-refractivity contribution >= 4 is 11.7 Å². The minimum Gasteiger partial charge on any atom is -0.493 e. The van der Waals surface area contributed by atoms with Crippen LogP contribution in [0.2, 0.25) is 0 Å². The largest absolute Gasteiger partial charge is 0.493 e. The summed E-state index contributed by atoms with van der Waals surface area (Å²) in [6, 6.07) is 2.81. The van der Waals surface area contributed by atoms with Gasteiger partial charge >= 0.3 is 5.97 Å². The molecule has 8 nitrogen and oxygen atoms in total. The van der Waals surface area contributed by atoms with E-state index in [1.54, 1.807) is 14.2 Å². The number of hydrogen-bond donors (Lipinski definition) is 1. The summed E-state index contributed by atoms with van der Waals surface area (Å²) in [5.74, 6) is 1.88. The monoisotopic (exact) mass is 486 g/mol. The lowest BCUT2D eigenvalue weighted by molar-refractivity contribution is -0.150. The predicted molar refractivity (Wildman–Crippen MR) is 131 cm³/mol. The lowest BCUT2D eigenvalue weighted by Gasteiger charge is -2.61. The second kappa shape index (κ2) is 8.17. The van der Waals surface area contributed by atoms with Gasteiger partial charge in [-0.3, -0.25) is 9.69 Å². The molecule has 1 aromatic carbocycles. The lowest BCUT2D eigenvalue weighted by Crippen LogP contribution is -2.70. The smallest absolute Gasteiger partial charge is 0.302 e. The summed E-state index contributed by atoms with van der Waals surface area (Å²) in [5, 5.41) is 11.9. The number of anilines is 1. The molecule has 0 aromatic heterocycles. The maximum atomic E-state index is 11.9. The van der Waals surface area contributed by atoms with Crippen LogP contribution < -0.4 is 19.1 Å². The van der Waals surface area contributed by atoms with Crippen LogP contribution in [0.15, 0.2) is 6.07 Å². The molecule has 1 spiro atoms. The molecule has 6 atom stereocenters. The van der Waals surface area contributed by atoms with Crippen molar-refractivity contribution in [3.63, 3.8) is 0 Å². The first-order valence-electron chi connectivity index (χ1n) is 13.2. The minimum atomic E-state index is -0.455. The maximum absolute atomic E-state index is 11.9. The van der Waals surface area contributed by atoms with Gasteiger partial charge in [0.2, 0.25) is 5.75 Å². The van der Waals surface area contributed by atoms with Gasteiger partial charge in [0.1, 0.15) is 6.61 Å². The van der Waals surface area contributed by atoms with E-state index in [-0.39, 0.29) is 34.9 Å². The summed E-state index contributed by atoms with van der Waals surface area (Å²) < 4.78 is 23.5. The quantitative estimate of drug-likeness (QED) is 0.615. The number of rotatable bonds is 6. The fourth-order valence-electron chi connectivity index (χ4n) is 8.64. The topological polar surface area (TPSA) is 80.7 Å². The Bertz CT molecular complexity index is 1030. The van der Waals surface area contributed by atoms with Crippen LogP contribution in [0.5, 0.6) is 17.2 Å². The van der Waals surface area contributed by atoms with Gasteiger partial charge < -0.3 is 29.0 Å². The van der Waals surface area contributed by atoms with Crippen molar-refractivity contribution in [1.82, 2.24) is 4.90 Å². The van der Waals surface area contributed by atoms with E-state index < -0.39 is 6.10 Å². The van der Waals surface area contributed by atoms with E-state index in [0.717, 1.165) is 50.2 Å². The molecule has 35 heavy (non-hydrogen) atoms. The zero-order valence-corrected chi connectivity index (χ0v) is 21.3. The van der Waals surface area contributed by atoms with E-state index in [2.05, 4.69) is 22.8 Å². The highest BCUT2D eigenvalue weighted by Crippen LogP contribution is 2.69. The average molecular weight is 487 g/mol. The summed E-state index contributed by atoms with van der Waals surface area (Å²) in [7, 11) is 3.36. The first kappa shape index (κ1) is 23.2. The van der Waals surface area contributed by atoms with Gasteiger partial charge in [-0.1, -0.05) is 6.92 Å². The number of methoxy groups -OCH3 is 2. The SMILES string of the molecule is CCC1COc2c(OC)c(OC)cc3c2N1C1CC(O)C2(CCOC(C)=O)CCCN4CCC31C42. The number of ether oxygens (including phenoxy) is 4. The second-order valence-corrected chi connectivity index (χ2v) is 11.0. The Balaban J connectivity index is 1.56. The molecule has 5 aliphatic rings. The zero-order chi connectivity index (χ0) is 24.5. The summed E-state index contributed by atoms with van der Waals surface area (Å²) in [4.78, 5) is 16.8. The van der Waals surface area contributed by atoms with Crippen molar-refractivity contribution in [3.8, 4) is 17.2 Å². The predicted octanol–water partition coefficient (Wildman–Crippen LogP) is 2.87. The normalized spacial score (nSPS) is 36.7. The molecule has 6 unspecified atom stereocenters. The van der Waals surface area contributed by atoms with E-state index in [9.17, 15) is 9.90 Å². The van der Waals surface area contributed by atoms with Gasteiger partial charge in [-0.05, 0) is 63.2 Å². The molecule has 8 heteroatoms. The highest BCUT2D eigenvalue weighted by atomic mass is 16.5. The van der Waals surface area contributed by atoms with Crippen LogP contribution in [-0.4, -0.2) is 80.7 Å². The Morgan fingerprint density at radius 2 is 2.09 bits per heavy atom. The number of hydrogen-bond acceptors (Lipinski definition) is 8. The van der Waals surface area contributed by atoms with Crippen LogP contribution in [-0.2, 0) is 14.9 Å². The van der Waals surface area contributed by atoms with Gasteiger partial charge in [0.15, 0.2) is 11.5 Å². The van der Waals surface area contributed by atoms with Crippen LogP contribution in [0.4, 0.5) is 5.69 Å². The summed E-state index contributed by atoms with van der Waals surface area (Å²) >= 11 is 0. The number of esters is 1. The molecule has 2 saturated heterocycles. The summed E-state index contributed by atoms with van der Waals surface area (Å²) in [6.07, 6.45) is 4.97. The third-order valence-corrected chi connectivity index (χ3v) is 9.86. The number of carbonyl (C=O) groups excluding carboxylic acids is 1. The summed E-state index contributed by atoms with van der Waals surface area (Å²) in [6.45, 7) is 6.69. The first-order valence-corrected chi connectivity index (χ1v) is 13.2. The molecule has 4 aliphatic heterocycles. The van der Waals surface area contributed by atoms with Crippen LogP contribution >= 0.6 is 0 Å². The highest BCUT2D eigenvalue weighted by molar-refractivity contribution is 5.81. The molecule has 1 saturated carbocycles. The fraction of sp³-hybridized carbons (Fsp3) is 0.741. The van der Waals surface area contributed by atoms with Gasteiger partial charge in [-0.25, -0.2) is 0 Å². The second-order valence-electron chi connectivity index (χ2n) is 11.0. The van der Waals surface area contributed by atoms with Crippen molar-refractivity contribution in [2.24, 2.45) is 5.41 Å². The van der Waals surface area contributed by atoms with Gasteiger partial charge in [0.25, 0.3) is 0 Å². The molecule has 3 fully saturated rings. The van der Waals surface area contributed by atoms with Crippen molar-refractivity contribution in [1.29, 1.82) is 0 Å². The number of aliphatic hydroxyl groups excluding tert-OH is 1. The highest BCUT2D eigenvalue weighted by Gasteiger charge is 2.72. The molecule has 0 amide bonds. The van der Waals surface area contributed by atoms with E-state index >= 15 is 0 Å². The van der Waals surface area contributed by atoms with Crippen molar-refractivity contribution < 1.29 is 28.8 Å². The Labute approximate surface area is 207 Å². The van der Waals surface area contributed by atoms with E-state index in [1.165, 1.54) is 12.5 Å². The van der Waals surface area contributed by atoms with Crippen molar-refractivity contribution in [2.45, 2.75) is 82.0 Å². The van der Waals surface area contributed by atoms with E-state index in [0.29, 0.717) is 37.6 Å². The minimum absolute atomic E-state index is 0.138. The van der Waals surface area contributed by atoms with Crippen LogP contribution in [0.1, 0.15) is 57.9 Å². The Morgan fingerprint density at radius 1 is 1.26 bits per heavy atom. The Kier molecular flexibility index (Phi) is 5.42. The zero-order valence-electron chi connectivity index (χ0n) is 21.3. The Hall–Kier alpha value is -2.19. The van der Waals surface area contributed by atoms with E-state index in [1.807, 2.05) is 0 Å². The molecule has 1 aliphatic carbocycles. The van der Waals surface area contributed by atoms with E-state index in [4.69, 9.17) is 18.9 Å². The maximum Gasteiger partial charge on any atom is 0.302 e. The van der Waals surface area contributed by atoms with Crippen LogP contribution in [0.3, 0.4) is 0 Å². The molecule has 4 heterocycles. The molecular formula is C27H38N2O6. The Morgan fingerprint density at radius 3 is 2.80 bits per heavy atom.